The van der Waals surface area contributed by atoms with Crippen molar-refractivity contribution in [2.75, 3.05) is 39.9 Å². The molecule has 1 amide bonds. The molecule has 0 atom stereocenters. The predicted molar refractivity (Wildman–Crippen MR) is 133 cm³/mol. The van der Waals surface area contributed by atoms with Crippen molar-refractivity contribution in [1.29, 1.82) is 0 Å². The number of ether oxygens (including phenoxy) is 3. The van der Waals surface area contributed by atoms with E-state index in [1.54, 1.807) is 31.4 Å². The molecule has 4 rings (SSSR count). The van der Waals surface area contributed by atoms with Crippen molar-refractivity contribution in [2.45, 2.75) is 13.2 Å². The second kappa shape index (κ2) is 11.8. The summed E-state index contributed by atoms with van der Waals surface area (Å²) in [5, 5.41) is 0.640. The zero-order valence-corrected chi connectivity index (χ0v) is 20.0. The number of hydrogen-bond acceptors (Lipinski definition) is 5. The lowest BCUT2D eigenvalue weighted by molar-refractivity contribution is -0.135. The van der Waals surface area contributed by atoms with Gasteiger partial charge in [0.25, 0.3) is 5.91 Å². The lowest BCUT2D eigenvalue weighted by Crippen LogP contribution is -2.49. The van der Waals surface area contributed by atoms with Gasteiger partial charge in [0.1, 0.15) is 12.4 Å². The van der Waals surface area contributed by atoms with Crippen molar-refractivity contribution in [1.82, 2.24) is 9.80 Å². The van der Waals surface area contributed by atoms with E-state index in [0.29, 0.717) is 30.5 Å². The van der Waals surface area contributed by atoms with Crippen LogP contribution in [0.3, 0.4) is 0 Å². The highest BCUT2D eigenvalue weighted by atomic mass is 35.5. The highest BCUT2D eigenvalue weighted by molar-refractivity contribution is 6.30. The van der Waals surface area contributed by atoms with Gasteiger partial charge < -0.3 is 19.1 Å². The smallest absolute Gasteiger partial charge is 0.260 e. The quantitative estimate of drug-likeness (QED) is 0.446. The van der Waals surface area contributed by atoms with E-state index in [1.165, 1.54) is 0 Å². The molecular formula is C27H29ClN2O4. The molecular weight excluding hydrogens is 452 g/mol. The minimum Gasteiger partial charge on any atom is -0.493 e. The third kappa shape index (κ3) is 6.65. The summed E-state index contributed by atoms with van der Waals surface area (Å²) in [6, 6.07) is 23.1. The number of carbonyl (C=O) groups is 1. The van der Waals surface area contributed by atoms with Crippen LogP contribution in [-0.4, -0.2) is 55.6 Å². The molecule has 1 aliphatic heterocycles. The number of amides is 1. The molecule has 3 aromatic carbocycles. The minimum absolute atomic E-state index is 0.00403. The van der Waals surface area contributed by atoms with Gasteiger partial charge in [0.15, 0.2) is 18.1 Å². The van der Waals surface area contributed by atoms with E-state index in [1.807, 2.05) is 47.4 Å². The van der Waals surface area contributed by atoms with Crippen LogP contribution in [0.25, 0.3) is 0 Å². The summed E-state index contributed by atoms with van der Waals surface area (Å²) in [4.78, 5) is 16.7. The molecule has 3 aromatic rings. The fraction of sp³-hybridized carbons (Fsp3) is 0.296. The number of hydrogen-bond donors (Lipinski definition) is 0. The average molecular weight is 481 g/mol. The summed E-state index contributed by atoms with van der Waals surface area (Å²) in [7, 11) is 1.65. The first kappa shape index (κ1) is 23.9. The van der Waals surface area contributed by atoms with Crippen LogP contribution in [0.4, 0.5) is 0 Å². The largest absolute Gasteiger partial charge is 0.493 e. The van der Waals surface area contributed by atoms with Gasteiger partial charge in [0.2, 0.25) is 0 Å². The molecule has 7 heteroatoms. The van der Waals surface area contributed by atoms with E-state index < -0.39 is 0 Å². The Hall–Kier alpha value is -3.22. The van der Waals surface area contributed by atoms with Crippen LogP contribution in [0.5, 0.6) is 17.2 Å². The lowest BCUT2D eigenvalue weighted by Gasteiger charge is -2.34. The number of halogens is 1. The van der Waals surface area contributed by atoms with Gasteiger partial charge in [-0.3, -0.25) is 9.69 Å². The van der Waals surface area contributed by atoms with E-state index >= 15 is 0 Å². The first-order valence-corrected chi connectivity index (χ1v) is 11.7. The van der Waals surface area contributed by atoms with Crippen molar-refractivity contribution in [2.24, 2.45) is 0 Å². The maximum atomic E-state index is 12.5. The van der Waals surface area contributed by atoms with Crippen LogP contribution in [-0.2, 0) is 17.9 Å². The molecule has 1 aliphatic rings. The Labute approximate surface area is 205 Å². The fourth-order valence-electron chi connectivity index (χ4n) is 3.85. The molecule has 0 saturated carbocycles. The number of piperazine rings is 1. The Balaban J connectivity index is 1.26. The molecule has 178 valence electrons. The van der Waals surface area contributed by atoms with Gasteiger partial charge in [-0.05, 0) is 47.5 Å². The minimum atomic E-state index is -0.00403. The first-order valence-electron chi connectivity index (χ1n) is 11.3. The van der Waals surface area contributed by atoms with Crippen molar-refractivity contribution < 1.29 is 19.0 Å². The Kier molecular flexibility index (Phi) is 8.28. The Bertz CT molecular complexity index is 1070. The van der Waals surface area contributed by atoms with Crippen LogP contribution in [0.15, 0.2) is 72.8 Å². The molecule has 0 bridgehead atoms. The zero-order valence-electron chi connectivity index (χ0n) is 19.3. The van der Waals surface area contributed by atoms with Crippen LogP contribution < -0.4 is 14.2 Å². The second-order valence-corrected chi connectivity index (χ2v) is 8.60. The SMILES string of the molecule is COc1ccc(CN2CCN(C(=O)COc3ccc(Cl)cc3)CC2)cc1OCc1ccccc1. The topological polar surface area (TPSA) is 51.2 Å². The van der Waals surface area contributed by atoms with Crippen LogP contribution >= 0.6 is 11.6 Å². The first-order chi connectivity index (χ1) is 16.6. The monoisotopic (exact) mass is 480 g/mol. The van der Waals surface area contributed by atoms with Gasteiger partial charge in [0, 0.05) is 37.7 Å². The maximum Gasteiger partial charge on any atom is 0.260 e. The Morgan fingerprint density at radius 1 is 0.853 bits per heavy atom. The average Bonchev–Trinajstić information content (AvgIpc) is 2.88. The van der Waals surface area contributed by atoms with E-state index in [9.17, 15) is 4.79 Å². The second-order valence-electron chi connectivity index (χ2n) is 8.16. The molecule has 0 spiro atoms. The lowest BCUT2D eigenvalue weighted by atomic mass is 10.1. The molecule has 0 N–H and O–H groups in total. The Morgan fingerprint density at radius 3 is 2.29 bits per heavy atom. The Morgan fingerprint density at radius 2 is 1.59 bits per heavy atom. The number of nitrogens with zero attached hydrogens (tertiary/aromatic N) is 2. The van der Waals surface area contributed by atoms with Gasteiger partial charge in [-0.15, -0.1) is 0 Å². The molecule has 34 heavy (non-hydrogen) atoms. The summed E-state index contributed by atoms with van der Waals surface area (Å²) in [6.45, 7) is 4.27. The highest BCUT2D eigenvalue weighted by Crippen LogP contribution is 2.29. The van der Waals surface area contributed by atoms with Gasteiger partial charge >= 0.3 is 0 Å². The number of rotatable bonds is 9. The van der Waals surface area contributed by atoms with Gasteiger partial charge in [-0.2, -0.15) is 0 Å². The van der Waals surface area contributed by atoms with E-state index in [4.69, 9.17) is 25.8 Å². The summed E-state index contributed by atoms with van der Waals surface area (Å²) >= 11 is 5.88. The third-order valence-corrected chi connectivity index (χ3v) is 6.02. The van der Waals surface area contributed by atoms with Crippen molar-refractivity contribution in [3.8, 4) is 17.2 Å². The molecule has 0 radical (unpaired) electrons. The van der Waals surface area contributed by atoms with E-state index in [2.05, 4.69) is 11.0 Å². The molecule has 1 heterocycles. The van der Waals surface area contributed by atoms with Crippen LogP contribution in [0.2, 0.25) is 5.02 Å². The molecule has 0 aromatic heterocycles. The number of benzene rings is 3. The van der Waals surface area contributed by atoms with Crippen molar-refractivity contribution >= 4 is 17.5 Å². The molecule has 0 unspecified atom stereocenters. The fourth-order valence-corrected chi connectivity index (χ4v) is 3.97. The summed E-state index contributed by atoms with van der Waals surface area (Å²) in [5.41, 5.74) is 2.26. The normalized spacial score (nSPS) is 14.0. The van der Waals surface area contributed by atoms with Gasteiger partial charge in [-0.1, -0.05) is 48.0 Å². The molecule has 1 saturated heterocycles. The van der Waals surface area contributed by atoms with E-state index in [0.717, 1.165) is 42.3 Å². The zero-order chi connectivity index (χ0) is 23.8. The van der Waals surface area contributed by atoms with Crippen molar-refractivity contribution in [3.05, 3.63) is 88.9 Å². The predicted octanol–water partition coefficient (Wildman–Crippen LogP) is 4.65. The molecule has 1 fully saturated rings. The van der Waals surface area contributed by atoms with Crippen molar-refractivity contribution in [3.63, 3.8) is 0 Å². The third-order valence-electron chi connectivity index (χ3n) is 5.77. The van der Waals surface area contributed by atoms with Gasteiger partial charge in [0.05, 0.1) is 7.11 Å². The van der Waals surface area contributed by atoms with Crippen LogP contribution in [0, 0.1) is 0 Å². The highest BCUT2D eigenvalue weighted by Gasteiger charge is 2.22. The number of methoxy groups -OCH3 is 1. The molecule has 6 nitrogen and oxygen atoms in total. The summed E-state index contributed by atoms with van der Waals surface area (Å²) in [5.74, 6) is 2.09. The van der Waals surface area contributed by atoms with Crippen LogP contribution in [0.1, 0.15) is 11.1 Å². The standard InChI is InChI=1S/C27H29ClN2O4/c1-32-25-12-7-22(17-26(25)34-19-21-5-3-2-4-6-21)18-29-13-15-30(16-14-29)27(31)20-33-24-10-8-23(28)9-11-24/h2-12,17H,13-16,18-20H2,1H3. The van der Waals surface area contributed by atoms with Gasteiger partial charge in [-0.25, -0.2) is 0 Å². The maximum absolute atomic E-state index is 12.5. The van der Waals surface area contributed by atoms with E-state index in [-0.39, 0.29) is 12.5 Å². The summed E-state index contributed by atoms with van der Waals surface area (Å²) < 4.78 is 17.1. The number of carbonyl (C=O) groups excluding carboxylic acids is 1. The summed E-state index contributed by atoms with van der Waals surface area (Å²) in [6.07, 6.45) is 0. The molecule has 0 aliphatic carbocycles.